The number of nitrogens with zero attached hydrogens (tertiary/aromatic N) is 1. The number of Topliss-reactive ketones (excluding diaryl/α,β-unsaturated/α-hetero) is 1. The molecule has 0 radical (unpaired) electrons. The molecule has 1 heterocycles. The third-order valence-electron chi connectivity index (χ3n) is 2.55. The molecule has 1 aliphatic heterocycles. The Morgan fingerprint density at radius 2 is 2.12 bits per heavy atom. The molecular formula is C13H12FNO. The zero-order valence-electron chi connectivity index (χ0n) is 8.77. The lowest BCUT2D eigenvalue weighted by molar-refractivity contribution is 0.0908. The molecule has 16 heavy (non-hydrogen) atoms. The van der Waals surface area contributed by atoms with Gasteiger partial charge in [0, 0.05) is 30.8 Å². The van der Waals surface area contributed by atoms with Crippen LogP contribution >= 0.6 is 0 Å². The van der Waals surface area contributed by atoms with Crippen LogP contribution in [0.4, 0.5) is 4.39 Å². The molecule has 0 saturated carbocycles. The van der Waals surface area contributed by atoms with Crippen LogP contribution in [-0.4, -0.2) is 17.7 Å². The lowest BCUT2D eigenvalue weighted by Gasteiger charge is -2.20. The maximum absolute atomic E-state index is 14.1. The minimum atomic E-state index is -1.57. The van der Waals surface area contributed by atoms with Crippen LogP contribution in [0.3, 0.4) is 0 Å². The van der Waals surface area contributed by atoms with Crippen molar-refractivity contribution in [3.05, 3.63) is 48.2 Å². The Balaban J connectivity index is 2.08. The molecule has 1 unspecified atom stereocenters. The Kier molecular flexibility index (Phi) is 2.95. The topological polar surface area (TPSA) is 29.4 Å². The van der Waals surface area contributed by atoms with Crippen molar-refractivity contribution >= 4 is 12.0 Å². The Bertz CT molecular complexity index is 439. The summed E-state index contributed by atoms with van der Waals surface area (Å²) in [6.07, 6.45) is 4.30. The van der Waals surface area contributed by atoms with E-state index in [1.54, 1.807) is 24.3 Å². The Labute approximate surface area is 93.5 Å². The molecule has 1 aromatic carbocycles. The van der Waals surface area contributed by atoms with E-state index in [1.807, 2.05) is 6.07 Å². The average Bonchev–Trinajstić information content (AvgIpc) is 2.30. The van der Waals surface area contributed by atoms with E-state index < -0.39 is 5.67 Å². The number of benzene rings is 1. The zero-order chi connectivity index (χ0) is 11.4. The highest BCUT2D eigenvalue weighted by Crippen LogP contribution is 2.26. The van der Waals surface area contributed by atoms with E-state index >= 15 is 0 Å². The molecular weight excluding hydrogens is 205 g/mol. The van der Waals surface area contributed by atoms with Gasteiger partial charge in [-0.05, 0) is 6.08 Å². The van der Waals surface area contributed by atoms with Crippen molar-refractivity contribution in [2.75, 3.05) is 0 Å². The van der Waals surface area contributed by atoms with E-state index in [2.05, 4.69) is 4.99 Å². The second-order valence-corrected chi connectivity index (χ2v) is 3.85. The van der Waals surface area contributed by atoms with Crippen molar-refractivity contribution in [1.82, 2.24) is 0 Å². The fraction of sp³-hybridized carbons (Fsp3) is 0.231. The number of aliphatic imine (C=N–C) groups is 1. The Morgan fingerprint density at radius 1 is 1.38 bits per heavy atom. The van der Waals surface area contributed by atoms with Crippen LogP contribution in [0.5, 0.6) is 0 Å². The summed E-state index contributed by atoms with van der Waals surface area (Å²) in [5.41, 5.74) is -1.02. The molecule has 1 aliphatic rings. The predicted octanol–water partition coefficient (Wildman–Crippen LogP) is 2.96. The molecule has 0 saturated heterocycles. The van der Waals surface area contributed by atoms with Gasteiger partial charge in [0.1, 0.15) is 5.67 Å². The molecule has 0 N–H and O–H groups in total. The van der Waals surface area contributed by atoms with Crippen LogP contribution in [0, 0.1) is 0 Å². The first-order valence-electron chi connectivity index (χ1n) is 5.16. The van der Waals surface area contributed by atoms with Gasteiger partial charge in [0.2, 0.25) is 0 Å². The molecule has 0 spiro atoms. The van der Waals surface area contributed by atoms with Gasteiger partial charge in [-0.1, -0.05) is 30.3 Å². The summed E-state index contributed by atoms with van der Waals surface area (Å²) >= 11 is 0. The van der Waals surface area contributed by atoms with E-state index in [1.165, 1.54) is 18.5 Å². The van der Waals surface area contributed by atoms with E-state index in [0.717, 1.165) is 0 Å². The van der Waals surface area contributed by atoms with Crippen LogP contribution in [0.25, 0.3) is 0 Å². The number of hydrogen-bond acceptors (Lipinski definition) is 2. The fourth-order valence-corrected chi connectivity index (χ4v) is 1.63. The maximum Gasteiger partial charge on any atom is 0.166 e. The van der Waals surface area contributed by atoms with E-state index in [4.69, 9.17) is 0 Å². The molecule has 3 heteroatoms. The number of carbonyl (C=O) groups excluding carboxylic acids is 1. The predicted molar refractivity (Wildman–Crippen MR) is 61.5 cm³/mol. The van der Waals surface area contributed by atoms with Crippen molar-refractivity contribution in [2.24, 2.45) is 4.99 Å². The van der Waals surface area contributed by atoms with E-state index in [0.29, 0.717) is 5.56 Å². The Morgan fingerprint density at radius 3 is 2.75 bits per heavy atom. The van der Waals surface area contributed by atoms with Crippen molar-refractivity contribution in [3.8, 4) is 0 Å². The van der Waals surface area contributed by atoms with Crippen LogP contribution in [0.15, 0.2) is 47.6 Å². The molecule has 1 aromatic rings. The fourth-order valence-electron chi connectivity index (χ4n) is 1.63. The SMILES string of the molecule is O=C(CC1(F)C=CN=CC1)c1ccccc1. The number of carbonyl (C=O) groups is 1. The first-order valence-corrected chi connectivity index (χ1v) is 5.16. The summed E-state index contributed by atoms with van der Waals surface area (Å²) in [5.74, 6) is -0.178. The molecule has 2 nitrogen and oxygen atoms in total. The maximum atomic E-state index is 14.1. The second kappa shape index (κ2) is 4.39. The summed E-state index contributed by atoms with van der Waals surface area (Å²) in [5, 5.41) is 0. The normalized spacial score (nSPS) is 23.3. The molecule has 0 aliphatic carbocycles. The highest BCUT2D eigenvalue weighted by molar-refractivity contribution is 5.97. The lowest BCUT2D eigenvalue weighted by atomic mass is 9.92. The number of ketones is 1. The number of halogens is 1. The molecule has 82 valence electrons. The average molecular weight is 217 g/mol. The van der Waals surface area contributed by atoms with Crippen LogP contribution in [0.1, 0.15) is 23.2 Å². The van der Waals surface area contributed by atoms with Gasteiger partial charge in [-0.2, -0.15) is 0 Å². The van der Waals surface area contributed by atoms with Crippen LogP contribution in [-0.2, 0) is 0 Å². The summed E-state index contributed by atoms with van der Waals surface area (Å²) in [6.45, 7) is 0. The quantitative estimate of drug-likeness (QED) is 0.716. The largest absolute Gasteiger partial charge is 0.294 e. The van der Waals surface area contributed by atoms with Gasteiger partial charge in [0.05, 0.1) is 0 Å². The molecule has 0 bridgehead atoms. The van der Waals surface area contributed by atoms with Crippen LogP contribution in [0.2, 0.25) is 0 Å². The van der Waals surface area contributed by atoms with Crippen molar-refractivity contribution in [2.45, 2.75) is 18.5 Å². The minimum Gasteiger partial charge on any atom is -0.294 e. The van der Waals surface area contributed by atoms with Gasteiger partial charge in [-0.3, -0.25) is 9.79 Å². The number of rotatable bonds is 3. The molecule has 0 aromatic heterocycles. The highest BCUT2D eigenvalue weighted by atomic mass is 19.1. The van der Waals surface area contributed by atoms with Gasteiger partial charge in [0.15, 0.2) is 5.78 Å². The number of allylic oxidation sites excluding steroid dienone is 1. The van der Waals surface area contributed by atoms with Crippen molar-refractivity contribution in [3.63, 3.8) is 0 Å². The summed E-state index contributed by atoms with van der Waals surface area (Å²) in [4.78, 5) is 15.6. The van der Waals surface area contributed by atoms with Gasteiger partial charge >= 0.3 is 0 Å². The molecule has 2 rings (SSSR count). The van der Waals surface area contributed by atoms with Crippen molar-refractivity contribution in [1.29, 1.82) is 0 Å². The monoisotopic (exact) mass is 217 g/mol. The van der Waals surface area contributed by atoms with Gasteiger partial charge in [-0.25, -0.2) is 4.39 Å². The zero-order valence-corrected chi connectivity index (χ0v) is 8.77. The highest BCUT2D eigenvalue weighted by Gasteiger charge is 2.30. The van der Waals surface area contributed by atoms with E-state index in [9.17, 15) is 9.18 Å². The standard InChI is InChI=1S/C13H12FNO/c14-13(6-8-15-9-7-13)10-12(16)11-4-2-1-3-5-11/h1-6,8-9H,7,10H2. The Hall–Kier alpha value is -1.77. The summed E-state index contributed by atoms with van der Waals surface area (Å²) in [6, 6.07) is 8.78. The third-order valence-corrected chi connectivity index (χ3v) is 2.55. The summed E-state index contributed by atoms with van der Waals surface area (Å²) < 4.78 is 14.1. The second-order valence-electron chi connectivity index (χ2n) is 3.85. The lowest BCUT2D eigenvalue weighted by Crippen LogP contribution is -2.26. The molecule has 1 atom stereocenters. The van der Waals surface area contributed by atoms with Gasteiger partial charge in [0.25, 0.3) is 0 Å². The third kappa shape index (κ3) is 2.42. The molecule has 0 fully saturated rings. The minimum absolute atomic E-state index is 0.125. The number of hydrogen-bond donors (Lipinski definition) is 0. The van der Waals surface area contributed by atoms with Crippen LogP contribution < -0.4 is 0 Å². The van der Waals surface area contributed by atoms with Crippen molar-refractivity contribution < 1.29 is 9.18 Å². The first kappa shape index (κ1) is 10.7. The van der Waals surface area contributed by atoms with Gasteiger partial charge in [-0.15, -0.1) is 0 Å². The number of alkyl halides is 1. The van der Waals surface area contributed by atoms with Gasteiger partial charge < -0.3 is 0 Å². The molecule has 0 amide bonds. The smallest absolute Gasteiger partial charge is 0.166 e. The van der Waals surface area contributed by atoms with E-state index in [-0.39, 0.29) is 18.6 Å². The first-order chi connectivity index (χ1) is 7.70. The summed E-state index contributed by atoms with van der Waals surface area (Å²) in [7, 11) is 0.